The molecule has 0 N–H and O–H groups in total. The van der Waals surface area contributed by atoms with Gasteiger partial charge in [0.05, 0.1) is 17.7 Å². The molecule has 5 rings (SSSR count). The molecule has 0 fully saturated rings. The molecule has 0 atom stereocenters. The molecule has 0 amide bonds. The second-order valence-electron chi connectivity index (χ2n) is 6.07. The monoisotopic (exact) mass is 312 g/mol. The molecule has 116 valence electrons. The first-order valence-electron chi connectivity index (χ1n) is 8.19. The van der Waals surface area contributed by atoms with E-state index in [1.54, 1.807) is 6.26 Å². The molecule has 1 aromatic carbocycles. The van der Waals surface area contributed by atoms with Crippen molar-refractivity contribution in [2.45, 2.75) is 13.0 Å². The lowest BCUT2D eigenvalue weighted by atomic mass is 9.95. The van der Waals surface area contributed by atoms with Gasteiger partial charge in [-0.1, -0.05) is 30.3 Å². The summed E-state index contributed by atoms with van der Waals surface area (Å²) in [6.07, 6.45) is 4.83. The molecule has 4 heterocycles. The fraction of sp³-hybridized carbons (Fsp3) is 0.0952. The molecule has 3 nitrogen and oxygen atoms in total. The van der Waals surface area contributed by atoms with Gasteiger partial charge >= 0.3 is 0 Å². The predicted octanol–water partition coefficient (Wildman–Crippen LogP) is 5.03. The van der Waals surface area contributed by atoms with E-state index in [-0.39, 0.29) is 0 Å². The molecule has 0 bridgehead atoms. The third-order valence-electron chi connectivity index (χ3n) is 4.64. The third-order valence-corrected chi connectivity index (χ3v) is 4.64. The first-order valence-corrected chi connectivity index (χ1v) is 8.19. The molecule has 1 aliphatic heterocycles. The van der Waals surface area contributed by atoms with Gasteiger partial charge in [0.25, 0.3) is 0 Å². The van der Waals surface area contributed by atoms with Crippen LogP contribution in [0.4, 0.5) is 0 Å². The second kappa shape index (κ2) is 5.24. The van der Waals surface area contributed by atoms with Crippen LogP contribution >= 0.6 is 0 Å². The van der Waals surface area contributed by atoms with E-state index in [9.17, 15) is 0 Å². The van der Waals surface area contributed by atoms with Crippen LogP contribution in [0, 0.1) is 0 Å². The van der Waals surface area contributed by atoms with Crippen molar-refractivity contribution in [3.8, 4) is 34.0 Å². The summed E-state index contributed by atoms with van der Waals surface area (Å²) in [4.78, 5) is 5.03. The molecule has 0 spiro atoms. The molecule has 0 saturated heterocycles. The van der Waals surface area contributed by atoms with Crippen molar-refractivity contribution in [2.24, 2.45) is 0 Å². The van der Waals surface area contributed by atoms with Gasteiger partial charge in [0.1, 0.15) is 5.69 Å². The van der Waals surface area contributed by atoms with Gasteiger partial charge in [-0.05, 0) is 47.9 Å². The van der Waals surface area contributed by atoms with Crippen molar-refractivity contribution in [3.63, 3.8) is 0 Å². The first-order chi connectivity index (χ1) is 11.9. The maximum atomic E-state index is 5.67. The summed E-state index contributed by atoms with van der Waals surface area (Å²) in [7, 11) is 0. The van der Waals surface area contributed by atoms with E-state index in [4.69, 9.17) is 9.40 Å². The Balaban J connectivity index is 1.80. The number of benzene rings is 1. The number of hydrogen-bond acceptors (Lipinski definition) is 2. The Bertz CT molecular complexity index is 998. The van der Waals surface area contributed by atoms with E-state index in [1.807, 2.05) is 18.2 Å². The van der Waals surface area contributed by atoms with Crippen LogP contribution in [0.25, 0.3) is 34.0 Å². The van der Waals surface area contributed by atoms with Crippen LogP contribution < -0.4 is 0 Å². The molecule has 0 aliphatic carbocycles. The first kappa shape index (κ1) is 13.4. The summed E-state index contributed by atoms with van der Waals surface area (Å²) in [5, 5.41) is 0. The van der Waals surface area contributed by atoms with E-state index in [0.717, 1.165) is 35.7 Å². The number of hydrogen-bond donors (Lipinski definition) is 0. The number of aromatic nitrogens is 2. The molecular formula is C21H16N2O. The van der Waals surface area contributed by atoms with Crippen LogP contribution in [0.2, 0.25) is 0 Å². The van der Waals surface area contributed by atoms with Crippen molar-refractivity contribution in [1.29, 1.82) is 0 Å². The number of fused-ring (bicyclic) bond motifs is 3. The fourth-order valence-corrected chi connectivity index (χ4v) is 3.47. The van der Waals surface area contributed by atoms with Crippen LogP contribution in [0.5, 0.6) is 0 Å². The molecule has 1 aliphatic rings. The molecular weight excluding hydrogens is 296 g/mol. The Morgan fingerprint density at radius 3 is 2.67 bits per heavy atom. The topological polar surface area (TPSA) is 31.0 Å². The summed E-state index contributed by atoms with van der Waals surface area (Å²) in [6.45, 7) is 1.01. The smallest absolute Gasteiger partial charge is 0.152 e. The van der Waals surface area contributed by atoms with Crippen LogP contribution in [-0.2, 0) is 13.0 Å². The third kappa shape index (κ3) is 2.02. The quantitative estimate of drug-likeness (QED) is 0.519. The van der Waals surface area contributed by atoms with E-state index < -0.39 is 0 Å². The number of pyridine rings is 1. The molecule has 0 radical (unpaired) electrons. The minimum Gasteiger partial charge on any atom is -0.463 e. The Kier molecular flexibility index (Phi) is 2.92. The van der Waals surface area contributed by atoms with Gasteiger partial charge in [0.15, 0.2) is 5.76 Å². The molecule has 3 heteroatoms. The number of furan rings is 1. The second-order valence-corrected chi connectivity index (χ2v) is 6.07. The summed E-state index contributed by atoms with van der Waals surface area (Å²) in [6, 6.07) is 20.8. The van der Waals surface area contributed by atoms with Crippen molar-refractivity contribution >= 4 is 0 Å². The minimum absolute atomic E-state index is 0.806. The fourth-order valence-electron chi connectivity index (χ4n) is 3.47. The zero-order valence-electron chi connectivity index (χ0n) is 13.1. The standard InChI is InChI=1S/C21H16N2O/c1-2-6-15(7-3-1)17-14-16-10-12-23-11-4-8-18(23)20(16)22-21(17)19-9-5-13-24-19/h1-9,11,13-14H,10,12H2. The summed E-state index contributed by atoms with van der Waals surface area (Å²) < 4.78 is 7.94. The summed E-state index contributed by atoms with van der Waals surface area (Å²) in [5.41, 5.74) is 6.75. The highest BCUT2D eigenvalue weighted by atomic mass is 16.3. The van der Waals surface area contributed by atoms with Gasteiger partial charge in [0.2, 0.25) is 0 Å². The normalized spacial score (nSPS) is 12.7. The zero-order chi connectivity index (χ0) is 15.9. The molecule has 3 aromatic heterocycles. The predicted molar refractivity (Wildman–Crippen MR) is 94.5 cm³/mol. The van der Waals surface area contributed by atoms with Crippen LogP contribution in [0.15, 0.2) is 77.5 Å². The average Bonchev–Trinajstić information content (AvgIpc) is 3.33. The van der Waals surface area contributed by atoms with Gasteiger partial charge in [-0.3, -0.25) is 0 Å². The molecule has 0 saturated carbocycles. The SMILES string of the molecule is c1ccc(-c2cc3c(nc2-c2ccco2)-c2cccn2CC3)cc1. The van der Waals surface area contributed by atoms with Crippen molar-refractivity contribution in [3.05, 3.63) is 78.7 Å². The lowest BCUT2D eigenvalue weighted by Gasteiger charge is -2.21. The van der Waals surface area contributed by atoms with E-state index in [2.05, 4.69) is 53.2 Å². The van der Waals surface area contributed by atoms with Crippen molar-refractivity contribution in [1.82, 2.24) is 9.55 Å². The minimum atomic E-state index is 0.806. The number of nitrogens with zero attached hydrogens (tertiary/aromatic N) is 2. The van der Waals surface area contributed by atoms with Crippen LogP contribution in [0.3, 0.4) is 0 Å². The lowest BCUT2D eigenvalue weighted by molar-refractivity contribution is 0.580. The van der Waals surface area contributed by atoms with Gasteiger partial charge in [-0.2, -0.15) is 0 Å². The van der Waals surface area contributed by atoms with Crippen molar-refractivity contribution < 1.29 is 4.42 Å². The Hall–Kier alpha value is -3.07. The van der Waals surface area contributed by atoms with Gasteiger partial charge in [-0.15, -0.1) is 0 Å². The molecule has 0 unspecified atom stereocenters. The summed E-state index contributed by atoms with van der Waals surface area (Å²) in [5.74, 6) is 0.806. The van der Waals surface area contributed by atoms with E-state index >= 15 is 0 Å². The van der Waals surface area contributed by atoms with Gasteiger partial charge < -0.3 is 8.98 Å². The zero-order valence-corrected chi connectivity index (χ0v) is 13.1. The van der Waals surface area contributed by atoms with Crippen molar-refractivity contribution in [2.75, 3.05) is 0 Å². The van der Waals surface area contributed by atoms with Gasteiger partial charge in [0, 0.05) is 18.3 Å². The number of aryl methyl sites for hydroxylation is 2. The lowest BCUT2D eigenvalue weighted by Crippen LogP contribution is -2.11. The maximum Gasteiger partial charge on any atom is 0.152 e. The van der Waals surface area contributed by atoms with E-state index in [0.29, 0.717) is 0 Å². The highest BCUT2D eigenvalue weighted by molar-refractivity contribution is 5.82. The number of rotatable bonds is 2. The van der Waals surface area contributed by atoms with E-state index in [1.165, 1.54) is 16.8 Å². The molecule has 4 aromatic rings. The molecule has 24 heavy (non-hydrogen) atoms. The highest BCUT2D eigenvalue weighted by Crippen LogP contribution is 2.37. The Morgan fingerprint density at radius 1 is 0.917 bits per heavy atom. The Morgan fingerprint density at radius 2 is 1.83 bits per heavy atom. The summed E-state index contributed by atoms with van der Waals surface area (Å²) >= 11 is 0. The average molecular weight is 312 g/mol. The maximum absolute atomic E-state index is 5.67. The highest BCUT2D eigenvalue weighted by Gasteiger charge is 2.21. The van der Waals surface area contributed by atoms with Gasteiger partial charge in [-0.25, -0.2) is 4.98 Å². The largest absolute Gasteiger partial charge is 0.463 e. The van der Waals surface area contributed by atoms with Crippen LogP contribution in [-0.4, -0.2) is 9.55 Å². The van der Waals surface area contributed by atoms with Crippen LogP contribution in [0.1, 0.15) is 5.56 Å². The Labute approximate surface area is 140 Å².